The van der Waals surface area contributed by atoms with Crippen LogP contribution in [0.5, 0.6) is 0 Å². The topological polar surface area (TPSA) is 84.7 Å². The molecule has 2 aromatic carbocycles. The number of hydrogen-bond acceptors (Lipinski definition) is 5. The molecular formula is C20H22N6O. The van der Waals surface area contributed by atoms with Crippen LogP contribution in [0.4, 0.5) is 5.69 Å². The van der Waals surface area contributed by atoms with Crippen molar-refractivity contribution < 1.29 is 4.79 Å². The third kappa shape index (κ3) is 4.20. The van der Waals surface area contributed by atoms with Gasteiger partial charge >= 0.3 is 0 Å². The summed E-state index contributed by atoms with van der Waals surface area (Å²) in [6, 6.07) is 17.6. The Labute approximate surface area is 157 Å². The van der Waals surface area contributed by atoms with Crippen LogP contribution in [0.25, 0.3) is 0 Å². The number of hydrogen-bond donors (Lipinski definition) is 2. The van der Waals surface area contributed by atoms with Crippen molar-refractivity contribution in [3.63, 3.8) is 0 Å². The number of anilines is 1. The summed E-state index contributed by atoms with van der Waals surface area (Å²) in [4.78, 5) is 12.5. The van der Waals surface area contributed by atoms with Crippen molar-refractivity contribution in [3.05, 3.63) is 71.5 Å². The number of aromatic nitrogens is 4. The van der Waals surface area contributed by atoms with Gasteiger partial charge in [-0.25, -0.2) is 4.68 Å². The second-order valence-electron chi connectivity index (χ2n) is 6.84. The minimum Gasteiger partial charge on any atom is -0.322 e. The number of carbonyl (C=O) groups excluding carboxylic acids is 1. The molecule has 7 nitrogen and oxygen atoms in total. The Bertz CT molecular complexity index is 919. The molecule has 27 heavy (non-hydrogen) atoms. The lowest BCUT2D eigenvalue weighted by Crippen LogP contribution is -2.22. The molecule has 0 radical (unpaired) electrons. The van der Waals surface area contributed by atoms with E-state index in [1.54, 1.807) is 0 Å². The van der Waals surface area contributed by atoms with E-state index in [4.69, 9.17) is 0 Å². The summed E-state index contributed by atoms with van der Waals surface area (Å²) in [6.45, 7) is 2.68. The van der Waals surface area contributed by atoms with Gasteiger partial charge in [0.25, 0.3) is 5.91 Å². The monoisotopic (exact) mass is 362 g/mol. The zero-order valence-electron chi connectivity index (χ0n) is 15.2. The first-order valence-electron chi connectivity index (χ1n) is 9.17. The summed E-state index contributed by atoms with van der Waals surface area (Å²) in [5.41, 5.74) is 2.45. The molecule has 1 heterocycles. The zero-order chi connectivity index (χ0) is 18.6. The minimum atomic E-state index is -0.117. The molecule has 0 saturated heterocycles. The Balaban J connectivity index is 1.39. The lowest BCUT2D eigenvalue weighted by molar-refractivity contribution is 0.102. The van der Waals surface area contributed by atoms with Gasteiger partial charge < -0.3 is 10.6 Å². The number of benzene rings is 2. The van der Waals surface area contributed by atoms with E-state index in [2.05, 4.69) is 33.1 Å². The maximum Gasteiger partial charge on any atom is 0.255 e. The number of nitrogens with one attached hydrogen (secondary N) is 2. The van der Waals surface area contributed by atoms with E-state index in [1.807, 2.05) is 59.3 Å². The lowest BCUT2D eigenvalue weighted by atomic mass is 10.1. The smallest absolute Gasteiger partial charge is 0.255 e. The van der Waals surface area contributed by atoms with E-state index in [0.717, 1.165) is 29.9 Å². The summed E-state index contributed by atoms with van der Waals surface area (Å²) in [6.07, 6.45) is 2.28. The predicted octanol–water partition coefficient (Wildman–Crippen LogP) is 3.11. The highest BCUT2D eigenvalue weighted by Gasteiger charge is 2.29. The van der Waals surface area contributed by atoms with Crippen molar-refractivity contribution in [2.24, 2.45) is 0 Å². The van der Waals surface area contributed by atoms with Crippen LogP contribution in [-0.4, -0.2) is 26.1 Å². The van der Waals surface area contributed by atoms with Gasteiger partial charge in [0, 0.05) is 17.8 Å². The van der Waals surface area contributed by atoms with Crippen LogP contribution in [0.1, 0.15) is 53.6 Å². The first-order chi connectivity index (χ1) is 13.2. The Hall–Kier alpha value is -3.06. The summed E-state index contributed by atoms with van der Waals surface area (Å²) < 4.78 is 1.92. The average molecular weight is 362 g/mol. The van der Waals surface area contributed by atoms with Gasteiger partial charge in [-0.3, -0.25) is 4.79 Å². The van der Waals surface area contributed by atoms with E-state index >= 15 is 0 Å². The van der Waals surface area contributed by atoms with Crippen LogP contribution in [0.3, 0.4) is 0 Å². The highest BCUT2D eigenvalue weighted by Crippen LogP contribution is 2.35. The van der Waals surface area contributed by atoms with E-state index in [0.29, 0.717) is 18.2 Å². The number of nitrogens with zero attached hydrogens (tertiary/aromatic N) is 4. The zero-order valence-corrected chi connectivity index (χ0v) is 15.2. The second-order valence-corrected chi connectivity index (χ2v) is 6.84. The van der Waals surface area contributed by atoms with Crippen molar-refractivity contribution >= 4 is 11.6 Å². The standard InChI is InChI=1S/C20H22N6O/c1-14(19-23-24-25-26(19)18-10-11-18)21-13-15-6-5-7-16(12-15)20(27)22-17-8-3-2-4-9-17/h2-9,12,14,18,21H,10-11,13H2,1H3,(H,22,27)/t14-/m0/s1. The molecule has 0 aliphatic heterocycles. The van der Waals surface area contributed by atoms with Gasteiger partial charge in [0.05, 0.1) is 12.1 Å². The summed E-state index contributed by atoms with van der Waals surface area (Å²) >= 11 is 0. The molecule has 0 bridgehead atoms. The van der Waals surface area contributed by atoms with Crippen molar-refractivity contribution in [1.29, 1.82) is 0 Å². The lowest BCUT2D eigenvalue weighted by Gasteiger charge is -2.14. The van der Waals surface area contributed by atoms with Crippen molar-refractivity contribution in [3.8, 4) is 0 Å². The van der Waals surface area contributed by atoms with Gasteiger partial charge in [0.15, 0.2) is 5.82 Å². The van der Waals surface area contributed by atoms with Gasteiger partial charge in [0.2, 0.25) is 0 Å². The van der Waals surface area contributed by atoms with E-state index < -0.39 is 0 Å². The highest BCUT2D eigenvalue weighted by atomic mass is 16.1. The predicted molar refractivity (Wildman–Crippen MR) is 102 cm³/mol. The van der Waals surface area contributed by atoms with Gasteiger partial charge in [-0.2, -0.15) is 0 Å². The van der Waals surface area contributed by atoms with Crippen molar-refractivity contribution in [2.75, 3.05) is 5.32 Å². The fraction of sp³-hybridized carbons (Fsp3) is 0.300. The van der Waals surface area contributed by atoms with Crippen LogP contribution in [0, 0.1) is 0 Å². The average Bonchev–Trinajstić information content (AvgIpc) is 3.43. The van der Waals surface area contributed by atoms with Gasteiger partial charge in [-0.15, -0.1) is 5.10 Å². The molecule has 7 heteroatoms. The molecule has 1 aliphatic carbocycles. The SMILES string of the molecule is C[C@H](NCc1cccc(C(=O)Nc2ccccc2)c1)c1nnnn1C1CC1. The van der Waals surface area contributed by atoms with Crippen LogP contribution in [-0.2, 0) is 6.54 Å². The van der Waals surface area contributed by atoms with Crippen molar-refractivity contribution in [1.82, 2.24) is 25.5 Å². The molecule has 0 unspecified atom stereocenters. The summed E-state index contributed by atoms with van der Waals surface area (Å²) in [5.74, 6) is 0.740. The molecule has 1 aliphatic rings. The van der Waals surface area contributed by atoms with Crippen molar-refractivity contribution in [2.45, 2.75) is 38.4 Å². The highest BCUT2D eigenvalue weighted by molar-refractivity contribution is 6.04. The van der Waals surface area contributed by atoms with Crippen LogP contribution in [0.2, 0.25) is 0 Å². The molecule has 1 saturated carbocycles. The van der Waals surface area contributed by atoms with Crippen LogP contribution in [0.15, 0.2) is 54.6 Å². The molecule has 4 rings (SSSR count). The normalized spacial score (nSPS) is 14.7. The summed E-state index contributed by atoms with van der Waals surface area (Å²) in [7, 11) is 0. The Morgan fingerprint density at radius 3 is 2.78 bits per heavy atom. The Morgan fingerprint density at radius 2 is 2.00 bits per heavy atom. The number of para-hydroxylation sites is 1. The minimum absolute atomic E-state index is 0.0300. The third-order valence-corrected chi connectivity index (χ3v) is 4.63. The van der Waals surface area contributed by atoms with Crippen LogP contribution >= 0.6 is 0 Å². The largest absolute Gasteiger partial charge is 0.322 e. The van der Waals surface area contributed by atoms with Gasteiger partial charge in [0.1, 0.15) is 0 Å². The van der Waals surface area contributed by atoms with E-state index in [1.165, 1.54) is 0 Å². The number of rotatable bonds is 7. The molecule has 138 valence electrons. The fourth-order valence-electron chi connectivity index (χ4n) is 2.97. The molecule has 3 aromatic rings. The Kier molecular flexibility index (Phi) is 4.93. The maximum absolute atomic E-state index is 12.5. The van der Waals surface area contributed by atoms with Crippen LogP contribution < -0.4 is 10.6 Å². The Morgan fingerprint density at radius 1 is 1.19 bits per heavy atom. The number of carbonyl (C=O) groups is 1. The molecule has 0 spiro atoms. The number of amides is 1. The molecular weight excluding hydrogens is 340 g/mol. The maximum atomic E-state index is 12.5. The van der Waals surface area contributed by atoms with Gasteiger partial charge in [-0.05, 0) is 60.0 Å². The van der Waals surface area contributed by atoms with E-state index in [-0.39, 0.29) is 11.9 Å². The molecule has 1 amide bonds. The fourth-order valence-corrected chi connectivity index (χ4v) is 2.97. The quantitative estimate of drug-likeness (QED) is 0.675. The first kappa shape index (κ1) is 17.4. The third-order valence-electron chi connectivity index (χ3n) is 4.63. The molecule has 1 atom stereocenters. The molecule has 2 N–H and O–H groups in total. The molecule has 1 aromatic heterocycles. The van der Waals surface area contributed by atoms with Gasteiger partial charge in [-0.1, -0.05) is 30.3 Å². The second kappa shape index (κ2) is 7.67. The van der Waals surface area contributed by atoms with E-state index in [9.17, 15) is 4.79 Å². The first-order valence-corrected chi connectivity index (χ1v) is 9.17. The molecule has 1 fully saturated rings. The summed E-state index contributed by atoms with van der Waals surface area (Å²) in [5, 5.41) is 18.4. The number of tetrazole rings is 1.